The molecule has 0 aromatic carbocycles. The predicted octanol–water partition coefficient (Wildman–Crippen LogP) is 2.62. The third-order valence-corrected chi connectivity index (χ3v) is 3.89. The van der Waals surface area contributed by atoms with Crippen molar-refractivity contribution < 1.29 is 29.9 Å². The summed E-state index contributed by atoms with van der Waals surface area (Å²) in [6.45, 7) is -4.77. The van der Waals surface area contributed by atoms with Crippen molar-refractivity contribution >= 4 is 18.3 Å². The minimum Gasteiger partial charge on any atom is -0.399 e. The van der Waals surface area contributed by atoms with Gasteiger partial charge in [0.2, 0.25) is 0 Å². The number of aromatic nitrogens is 1. The smallest absolute Gasteiger partial charge is 0.399 e. The molecule has 0 unspecified atom stereocenters. The van der Waals surface area contributed by atoms with Gasteiger partial charge < -0.3 is 14.2 Å². The monoisotopic (exact) mass is 317 g/mol. The first-order valence-corrected chi connectivity index (χ1v) is 6.79. The lowest BCUT2D eigenvalue weighted by atomic mass is 9.80. The SMILES string of the molecule is [2H]c1nc([2H])c(N2C([2H])([2H])C([2H])([2H])C([2H])(C([2H])([2H])[2H])C([2H])([2H])C2([2H])[2H])c([2H])c1B1OC(C)(C)C(C)(C)O1. The maximum atomic E-state index is 8.70. The van der Waals surface area contributed by atoms with Crippen LogP contribution >= 0.6 is 0 Å². The summed E-state index contributed by atoms with van der Waals surface area (Å²) in [6, 6.07) is -0.922. The second-order valence-electron chi connectivity index (χ2n) is 5.99. The van der Waals surface area contributed by atoms with Gasteiger partial charge in [-0.05, 0) is 52.4 Å². The predicted molar refractivity (Wildman–Crippen MR) is 90.6 cm³/mol. The van der Waals surface area contributed by atoms with Crippen LogP contribution in [0.15, 0.2) is 18.4 Å². The number of rotatable bonds is 2. The van der Waals surface area contributed by atoms with Crippen molar-refractivity contribution in [2.75, 3.05) is 17.9 Å². The van der Waals surface area contributed by atoms with Gasteiger partial charge >= 0.3 is 7.12 Å². The second kappa shape index (κ2) is 5.53. The van der Waals surface area contributed by atoms with Crippen LogP contribution in [0.3, 0.4) is 0 Å². The molecular formula is C17H27BN2O2. The van der Waals surface area contributed by atoms with Crippen LogP contribution in [-0.2, 0) is 9.31 Å². The molecule has 1 aromatic rings. The summed E-state index contributed by atoms with van der Waals surface area (Å²) in [5, 5.41) is 0. The molecule has 0 bridgehead atoms. The van der Waals surface area contributed by atoms with E-state index in [-0.39, 0.29) is 4.90 Å². The third kappa shape index (κ3) is 2.89. The zero-order valence-corrected chi connectivity index (χ0v) is 12.8. The second-order valence-corrected chi connectivity index (χ2v) is 5.99. The lowest BCUT2D eigenvalue weighted by Gasteiger charge is -2.32. The van der Waals surface area contributed by atoms with Gasteiger partial charge in [-0.25, -0.2) is 0 Å². The lowest BCUT2D eigenvalue weighted by Crippen LogP contribution is -2.41. The Balaban J connectivity index is 2.37. The fraction of sp³-hybridized carbons (Fsp3) is 0.706. The van der Waals surface area contributed by atoms with Crippen molar-refractivity contribution in [2.24, 2.45) is 5.89 Å². The molecule has 0 amide bonds. The number of nitrogens with zero attached hydrogens (tertiary/aromatic N) is 2. The van der Waals surface area contributed by atoms with Crippen LogP contribution in [-0.4, -0.2) is 36.3 Å². The van der Waals surface area contributed by atoms with E-state index in [1.807, 2.05) is 0 Å². The Morgan fingerprint density at radius 3 is 2.55 bits per heavy atom. The molecule has 22 heavy (non-hydrogen) atoms. The summed E-state index contributed by atoms with van der Waals surface area (Å²) in [5.41, 5.74) is -3.44. The highest BCUT2D eigenvalue weighted by atomic mass is 16.7. The van der Waals surface area contributed by atoms with E-state index >= 15 is 0 Å². The molecule has 0 aliphatic carbocycles. The van der Waals surface area contributed by atoms with Crippen LogP contribution in [0.1, 0.15) is 67.9 Å². The van der Waals surface area contributed by atoms with Crippen molar-refractivity contribution in [3.63, 3.8) is 0 Å². The average Bonchev–Trinajstić information content (AvgIpc) is 2.88. The topological polar surface area (TPSA) is 34.6 Å². The van der Waals surface area contributed by atoms with Gasteiger partial charge in [-0.1, -0.05) is 6.85 Å². The minimum absolute atomic E-state index is 0.190. The molecule has 2 fully saturated rings. The molecule has 0 radical (unpaired) electrons. The van der Waals surface area contributed by atoms with E-state index < -0.39 is 86.3 Å². The van der Waals surface area contributed by atoms with Crippen molar-refractivity contribution in [1.29, 1.82) is 0 Å². The minimum atomic E-state index is -3.96. The van der Waals surface area contributed by atoms with E-state index in [2.05, 4.69) is 4.98 Å². The van der Waals surface area contributed by atoms with Gasteiger partial charge in [0.25, 0.3) is 0 Å². The van der Waals surface area contributed by atoms with Crippen molar-refractivity contribution in [3.05, 3.63) is 18.4 Å². The molecule has 2 aliphatic heterocycles. The van der Waals surface area contributed by atoms with Crippen LogP contribution in [0.2, 0.25) is 0 Å². The summed E-state index contributed by atoms with van der Waals surface area (Å²) in [4.78, 5) is 3.45. The number of pyridine rings is 1. The molecule has 0 saturated carbocycles. The molecule has 3 rings (SSSR count). The highest BCUT2D eigenvalue weighted by Crippen LogP contribution is 2.36. The zero-order chi connectivity index (χ0) is 29.2. The van der Waals surface area contributed by atoms with Gasteiger partial charge in [0.05, 0.1) is 27.2 Å². The van der Waals surface area contributed by atoms with Gasteiger partial charge in [-0.15, -0.1) is 0 Å². The Labute approximate surface area is 155 Å². The van der Waals surface area contributed by atoms with E-state index in [9.17, 15) is 0 Å². The summed E-state index contributed by atoms with van der Waals surface area (Å²) in [7, 11) is -1.45. The Kier molecular flexibility index (Phi) is 1.45. The fourth-order valence-corrected chi connectivity index (χ4v) is 1.90. The molecule has 2 saturated heterocycles. The van der Waals surface area contributed by atoms with Crippen LogP contribution in [0.5, 0.6) is 0 Å². The highest BCUT2D eigenvalue weighted by molar-refractivity contribution is 6.62. The molecule has 0 atom stereocenters. The Morgan fingerprint density at radius 1 is 1.32 bits per heavy atom. The summed E-state index contributed by atoms with van der Waals surface area (Å²) < 4.78 is 135. The summed E-state index contributed by atoms with van der Waals surface area (Å²) >= 11 is 0. The molecule has 1 aromatic heterocycles. The quantitative estimate of drug-likeness (QED) is 0.786. The van der Waals surface area contributed by atoms with Crippen LogP contribution in [0.4, 0.5) is 5.69 Å². The van der Waals surface area contributed by atoms with E-state index in [0.717, 1.165) is 0 Å². The molecular weight excluding hydrogens is 275 g/mol. The first-order valence-electron chi connectivity index (χ1n) is 14.3. The highest BCUT2D eigenvalue weighted by Gasteiger charge is 2.51. The maximum Gasteiger partial charge on any atom is 0.496 e. The van der Waals surface area contributed by atoms with Gasteiger partial charge in [-0.3, -0.25) is 4.98 Å². The molecule has 3 heterocycles. The lowest BCUT2D eigenvalue weighted by molar-refractivity contribution is 0.00578. The largest absolute Gasteiger partial charge is 0.496 e. The maximum absolute atomic E-state index is 8.70. The van der Waals surface area contributed by atoms with E-state index in [0.29, 0.717) is 0 Å². The standard InChI is InChI=1S/C17H27BN2O2/c1-13-6-8-20(9-7-13)15-10-14(11-19-12-15)18-21-16(2,3)17(4,5)22-18/h10-13H,6-9H2,1-5H3/i1D3,6D2,7D2,8D2,9D2,10D,11D,12D,13D. The zero-order valence-electron chi connectivity index (χ0n) is 27.8. The van der Waals surface area contributed by atoms with Crippen LogP contribution in [0.25, 0.3) is 0 Å². The van der Waals surface area contributed by atoms with Gasteiger partial charge in [0.1, 0.15) is 0 Å². The molecule has 0 N–H and O–H groups in total. The van der Waals surface area contributed by atoms with Crippen molar-refractivity contribution in [2.45, 2.75) is 58.5 Å². The Hall–Kier alpha value is -1.07. The molecule has 5 heteroatoms. The van der Waals surface area contributed by atoms with Gasteiger partial charge in [-0.2, -0.15) is 0 Å². The summed E-state index contributed by atoms with van der Waals surface area (Å²) in [5.74, 6) is -3.96. The van der Waals surface area contributed by atoms with Gasteiger partial charge in [0, 0.05) is 41.1 Å². The van der Waals surface area contributed by atoms with Crippen LogP contribution < -0.4 is 10.4 Å². The molecule has 2 aliphatic rings. The van der Waals surface area contributed by atoms with Crippen LogP contribution in [0, 0.1) is 5.89 Å². The first kappa shape index (κ1) is 5.78. The third-order valence-electron chi connectivity index (χ3n) is 3.89. The first-order chi connectivity index (χ1) is 16.1. The number of piperidine rings is 1. The normalized spacial score (nSPS) is 45.9. The fourth-order valence-electron chi connectivity index (χ4n) is 1.90. The molecule has 4 nitrogen and oxygen atoms in total. The number of hydrogen-bond acceptors (Lipinski definition) is 4. The van der Waals surface area contributed by atoms with Gasteiger partial charge in [0.15, 0.2) is 0 Å². The average molecular weight is 317 g/mol. The Morgan fingerprint density at radius 2 is 1.95 bits per heavy atom. The van der Waals surface area contributed by atoms with Crippen molar-refractivity contribution in [1.82, 2.24) is 4.98 Å². The number of hydrogen-bond donors (Lipinski definition) is 0. The van der Waals surface area contributed by atoms with E-state index in [1.165, 1.54) is 0 Å². The van der Waals surface area contributed by atoms with E-state index in [1.54, 1.807) is 27.7 Å². The summed E-state index contributed by atoms with van der Waals surface area (Å²) in [6.07, 6.45) is -9.62. The molecule has 0 spiro atoms. The van der Waals surface area contributed by atoms with E-state index in [4.69, 9.17) is 29.9 Å². The molecule has 120 valence electrons. The number of anilines is 1. The van der Waals surface area contributed by atoms with Crippen molar-refractivity contribution in [3.8, 4) is 0 Å². The Bertz CT molecular complexity index is 1080.